The number of H-pyrrole nitrogens is 1. The van der Waals surface area contributed by atoms with Crippen molar-refractivity contribution in [3.05, 3.63) is 63.7 Å². The standard InChI is InChI=1S/C15H7ClF2N4O/c1-20-9-5-22-15-10(12(9)16)6(4-21-15)14(23)11-7(17)2-3-8(19)13(11)18/h2-5H,19H2,(H,21,22). The molecule has 0 spiro atoms. The van der Waals surface area contributed by atoms with Gasteiger partial charge in [-0.2, -0.15) is 0 Å². The summed E-state index contributed by atoms with van der Waals surface area (Å²) in [6.45, 7) is 7.02. The predicted molar refractivity (Wildman–Crippen MR) is 81.6 cm³/mol. The van der Waals surface area contributed by atoms with E-state index in [1.54, 1.807) is 0 Å². The van der Waals surface area contributed by atoms with Crippen molar-refractivity contribution in [2.45, 2.75) is 0 Å². The van der Waals surface area contributed by atoms with Gasteiger partial charge in [-0.1, -0.05) is 11.6 Å². The third-order valence-corrected chi connectivity index (χ3v) is 3.72. The maximum atomic E-state index is 14.1. The molecule has 0 radical (unpaired) electrons. The number of rotatable bonds is 2. The first-order chi connectivity index (χ1) is 11.0. The van der Waals surface area contributed by atoms with Crippen LogP contribution in [0.3, 0.4) is 0 Å². The van der Waals surface area contributed by atoms with Crippen molar-refractivity contribution < 1.29 is 13.6 Å². The third kappa shape index (κ3) is 2.20. The van der Waals surface area contributed by atoms with Gasteiger partial charge in [0.15, 0.2) is 5.82 Å². The molecule has 0 aliphatic rings. The Bertz CT molecular complexity index is 1010. The molecule has 0 aliphatic heterocycles. The molecule has 3 aromatic rings. The number of anilines is 1. The molecule has 1 aromatic carbocycles. The van der Waals surface area contributed by atoms with Gasteiger partial charge in [-0.3, -0.25) is 9.78 Å². The fourth-order valence-corrected chi connectivity index (χ4v) is 2.50. The van der Waals surface area contributed by atoms with Gasteiger partial charge >= 0.3 is 0 Å². The highest BCUT2D eigenvalue weighted by molar-refractivity contribution is 6.39. The lowest BCUT2D eigenvalue weighted by molar-refractivity contribution is 0.103. The average Bonchev–Trinajstić information content (AvgIpc) is 2.96. The summed E-state index contributed by atoms with van der Waals surface area (Å²) in [5, 5.41) is 0.116. The first kappa shape index (κ1) is 14.9. The van der Waals surface area contributed by atoms with Gasteiger partial charge < -0.3 is 10.7 Å². The van der Waals surface area contributed by atoms with E-state index in [4.69, 9.17) is 23.9 Å². The molecule has 0 fully saturated rings. The van der Waals surface area contributed by atoms with Crippen LogP contribution in [-0.2, 0) is 0 Å². The molecule has 2 heterocycles. The minimum atomic E-state index is -1.14. The topological polar surface area (TPSA) is 76.1 Å². The second kappa shape index (κ2) is 5.34. The number of carbonyl (C=O) groups is 1. The van der Waals surface area contributed by atoms with Crippen molar-refractivity contribution in [3.63, 3.8) is 0 Å². The maximum Gasteiger partial charge on any atom is 0.224 e. The van der Waals surface area contributed by atoms with E-state index in [-0.39, 0.29) is 33.0 Å². The second-order valence-corrected chi connectivity index (χ2v) is 5.03. The number of hydrogen-bond donors (Lipinski definition) is 2. The maximum absolute atomic E-state index is 14.1. The van der Waals surface area contributed by atoms with Crippen molar-refractivity contribution in [1.29, 1.82) is 0 Å². The lowest BCUT2D eigenvalue weighted by Gasteiger charge is -2.06. The normalized spacial score (nSPS) is 10.7. The van der Waals surface area contributed by atoms with Crippen LogP contribution in [0, 0.1) is 18.2 Å². The number of nitrogens with one attached hydrogen (secondary N) is 1. The number of benzene rings is 1. The Morgan fingerprint density at radius 3 is 2.83 bits per heavy atom. The number of carbonyl (C=O) groups excluding carboxylic acids is 1. The summed E-state index contributed by atoms with van der Waals surface area (Å²) < 4.78 is 28.0. The number of pyridine rings is 1. The molecular weight excluding hydrogens is 326 g/mol. The van der Waals surface area contributed by atoms with E-state index < -0.39 is 23.0 Å². The van der Waals surface area contributed by atoms with Crippen LogP contribution in [0.2, 0.25) is 5.02 Å². The molecule has 0 saturated heterocycles. The van der Waals surface area contributed by atoms with E-state index in [2.05, 4.69) is 14.8 Å². The fourth-order valence-electron chi connectivity index (χ4n) is 2.22. The van der Waals surface area contributed by atoms with Gasteiger partial charge in [0.2, 0.25) is 11.5 Å². The molecule has 2 aromatic heterocycles. The minimum absolute atomic E-state index is 0.0145. The predicted octanol–water partition coefficient (Wildman–Crippen LogP) is 3.86. The van der Waals surface area contributed by atoms with E-state index >= 15 is 0 Å². The van der Waals surface area contributed by atoms with Crippen LogP contribution >= 0.6 is 11.6 Å². The zero-order valence-corrected chi connectivity index (χ0v) is 12.1. The molecule has 3 N–H and O–H groups in total. The number of nitrogens with zero attached hydrogens (tertiary/aromatic N) is 2. The molecule has 0 saturated carbocycles. The quantitative estimate of drug-likeness (QED) is 0.425. The van der Waals surface area contributed by atoms with Gasteiger partial charge in [-0.05, 0) is 12.1 Å². The van der Waals surface area contributed by atoms with E-state index in [0.29, 0.717) is 0 Å². The molecule has 0 amide bonds. The highest BCUT2D eigenvalue weighted by Gasteiger charge is 2.25. The number of aromatic amines is 1. The summed E-state index contributed by atoms with van der Waals surface area (Å²) in [7, 11) is 0. The molecule has 3 rings (SSSR count). The molecule has 5 nitrogen and oxygen atoms in total. The number of fused-ring (bicyclic) bond motifs is 1. The van der Waals surface area contributed by atoms with E-state index in [1.807, 2.05) is 0 Å². The van der Waals surface area contributed by atoms with Crippen LogP contribution in [0.25, 0.3) is 15.9 Å². The molecule has 114 valence electrons. The molecule has 0 atom stereocenters. The van der Waals surface area contributed by atoms with Crippen LogP contribution in [0.15, 0.2) is 24.5 Å². The minimum Gasteiger partial charge on any atom is -0.396 e. The molecule has 0 bridgehead atoms. The Hall–Kier alpha value is -2.98. The van der Waals surface area contributed by atoms with Crippen LogP contribution in [0.4, 0.5) is 20.2 Å². The SMILES string of the molecule is [C-]#[N+]c1cnc2[nH]cc(C(=O)c3c(F)ccc(N)c3F)c2c1Cl. The van der Waals surface area contributed by atoms with Gasteiger partial charge in [0, 0.05) is 23.3 Å². The lowest BCUT2D eigenvalue weighted by Crippen LogP contribution is -2.09. The number of ketones is 1. The number of hydrogen-bond acceptors (Lipinski definition) is 3. The van der Waals surface area contributed by atoms with E-state index in [1.165, 1.54) is 12.4 Å². The zero-order valence-electron chi connectivity index (χ0n) is 11.3. The van der Waals surface area contributed by atoms with Crippen LogP contribution in [-0.4, -0.2) is 15.8 Å². The first-order valence-corrected chi connectivity index (χ1v) is 6.64. The van der Waals surface area contributed by atoms with Crippen molar-refractivity contribution >= 4 is 39.8 Å². The summed E-state index contributed by atoms with van der Waals surface area (Å²) in [6, 6.07) is 1.94. The van der Waals surface area contributed by atoms with Crippen molar-refractivity contribution in [2.75, 3.05) is 5.73 Å². The number of halogens is 3. The van der Waals surface area contributed by atoms with Crippen LogP contribution in [0.1, 0.15) is 15.9 Å². The number of nitrogens with two attached hydrogens (primary N) is 1. The molecular formula is C15H7ClF2N4O. The van der Waals surface area contributed by atoms with Gasteiger partial charge in [0.05, 0.1) is 22.8 Å². The van der Waals surface area contributed by atoms with E-state index in [9.17, 15) is 13.6 Å². The monoisotopic (exact) mass is 332 g/mol. The average molecular weight is 333 g/mol. The Balaban J connectivity index is 2.28. The second-order valence-electron chi connectivity index (χ2n) is 4.65. The number of aromatic nitrogens is 2. The molecule has 8 heteroatoms. The summed E-state index contributed by atoms with van der Waals surface area (Å²) in [6.07, 6.45) is 2.48. The lowest BCUT2D eigenvalue weighted by atomic mass is 10.0. The summed E-state index contributed by atoms with van der Waals surface area (Å²) in [4.78, 5) is 22.4. The molecule has 23 heavy (non-hydrogen) atoms. The first-order valence-electron chi connectivity index (χ1n) is 6.27. The van der Waals surface area contributed by atoms with Gasteiger partial charge in [-0.15, -0.1) is 0 Å². The van der Waals surface area contributed by atoms with Crippen LogP contribution < -0.4 is 5.73 Å². The largest absolute Gasteiger partial charge is 0.396 e. The Morgan fingerprint density at radius 2 is 2.13 bits per heavy atom. The van der Waals surface area contributed by atoms with Crippen molar-refractivity contribution in [1.82, 2.24) is 9.97 Å². The van der Waals surface area contributed by atoms with Crippen molar-refractivity contribution in [2.24, 2.45) is 0 Å². The summed E-state index contributed by atoms with van der Waals surface area (Å²) in [5.41, 5.74) is 4.43. The molecule has 0 aliphatic carbocycles. The van der Waals surface area contributed by atoms with Crippen molar-refractivity contribution in [3.8, 4) is 0 Å². The Labute approximate surface area is 133 Å². The van der Waals surface area contributed by atoms with E-state index in [0.717, 1.165) is 12.1 Å². The summed E-state index contributed by atoms with van der Waals surface area (Å²) in [5.74, 6) is -3.12. The Morgan fingerprint density at radius 1 is 1.39 bits per heavy atom. The zero-order chi connectivity index (χ0) is 16.7. The summed E-state index contributed by atoms with van der Waals surface area (Å²) >= 11 is 6.09. The van der Waals surface area contributed by atoms with Gasteiger partial charge in [-0.25, -0.2) is 13.6 Å². The van der Waals surface area contributed by atoms with Gasteiger partial charge in [0.1, 0.15) is 11.5 Å². The Kier molecular flexibility index (Phi) is 3.47. The third-order valence-electron chi connectivity index (χ3n) is 3.33. The van der Waals surface area contributed by atoms with Crippen LogP contribution in [0.5, 0.6) is 0 Å². The van der Waals surface area contributed by atoms with Gasteiger partial charge in [0.25, 0.3) is 0 Å². The fraction of sp³-hybridized carbons (Fsp3) is 0. The number of nitrogen functional groups attached to an aromatic ring is 1. The highest BCUT2D eigenvalue weighted by atomic mass is 35.5. The molecule has 0 unspecified atom stereocenters. The highest BCUT2D eigenvalue weighted by Crippen LogP contribution is 2.35. The smallest absolute Gasteiger partial charge is 0.224 e.